The Morgan fingerprint density at radius 2 is 1.97 bits per heavy atom. The van der Waals surface area contributed by atoms with Crippen molar-refractivity contribution in [3.05, 3.63) is 53.1 Å². The first-order chi connectivity index (χ1) is 15.8. The van der Waals surface area contributed by atoms with Gasteiger partial charge < -0.3 is 19.7 Å². The van der Waals surface area contributed by atoms with Gasteiger partial charge in [-0.15, -0.1) is 10.2 Å². The van der Waals surface area contributed by atoms with E-state index in [9.17, 15) is 19.4 Å². The molecule has 0 amide bonds. The molecule has 9 nitrogen and oxygen atoms in total. The summed E-state index contributed by atoms with van der Waals surface area (Å²) in [4.78, 5) is 18.1. The van der Waals surface area contributed by atoms with Gasteiger partial charge in [0.15, 0.2) is 11.6 Å². The number of pyridine rings is 1. The summed E-state index contributed by atoms with van der Waals surface area (Å²) in [6.07, 6.45) is 2.34. The second-order valence-electron chi connectivity index (χ2n) is 8.79. The molecule has 2 aliphatic heterocycles. The topological polar surface area (TPSA) is 116 Å². The molecule has 2 bridgehead atoms. The number of benzene rings is 1. The van der Waals surface area contributed by atoms with Gasteiger partial charge in [0.2, 0.25) is 0 Å². The van der Waals surface area contributed by atoms with Gasteiger partial charge >= 0.3 is 0 Å². The molecule has 3 aliphatic rings. The molecule has 10 heteroatoms. The number of phenolic OH excluding ortho intramolecular Hbond substituents is 1. The molecule has 3 N–H and O–H groups in total. The first-order valence-electron chi connectivity index (χ1n) is 10.8. The molecule has 0 spiro atoms. The van der Waals surface area contributed by atoms with Crippen molar-refractivity contribution in [2.24, 2.45) is 13.0 Å². The molecule has 1 saturated carbocycles. The standard InChI is InChI=1S/C23H25FN6O3/c1-29-6-5-13(8-20(29)32)12-3-4-15(18(31)7-12)22-25-11-19(27-28-22)30(2)17-10-14-9-16(24)21(17)23(33)26-14/h3-8,11,14,16-17,21,23,26,31,33H,9-10H2,1-2H3/t14?,16-,17-,21?,23-/m0/s1. The van der Waals surface area contributed by atoms with Crippen LogP contribution >= 0.6 is 0 Å². The predicted molar refractivity (Wildman–Crippen MR) is 120 cm³/mol. The monoisotopic (exact) mass is 452 g/mol. The van der Waals surface area contributed by atoms with Crippen LogP contribution in [0.1, 0.15) is 12.8 Å². The fraction of sp³-hybridized carbons (Fsp3) is 0.391. The summed E-state index contributed by atoms with van der Waals surface area (Å²) in [6, 6.07) is 8.02. The van der Waals surface area contributed by atoms with Crippen LogP contribution in [0.25, 0.3) is 22.5 Å². The number of rotatable bonds is 4. The predicted octanol–water partition coefficient (Wildman–Crippen LogP) is 1.45. The van der Waals surface area contributed by atoms with Gasteiger partial charge in [0.1, 0.15) is 18.1 Å². The normalized spacial score (nSPS) is 26.4. The third kappa shape index (κ3) is 3.85. The Balaban J connectivity index is 1.37. The lowest BCUT2D eigenvalue weighted by molar-refractivity contribution is -0.0649. The van der Waals surface area contributed by atoms with Gasteiger partial charge in [-0.1, -0.05) is 6.07 Å². The molecule has 5 atom stereocenters. The van der Waals surface area contributed by atoms with Gasteiger partial charge in [-0.3, -0.25) is 10.1 Å². The Bertz CT molecular complexity index is 1220. The van der Waals surface area contributed by atoms with E-state index >= 15 is 0 Å². The quantitative estimate of drug-likeness (QED) is 0.545. The molecule has 2 aromatic heterocycles. The molecule has 172 valence electrons. The molecule has 33 heavy (non-hydrogen) atoms. The minimum absolute atomic E-state index is 0.0323. The van der Waals surface area contributed by atoms with E-state index in [1.54, 1.807) is 44.6 Å². The lowest BCUT2D eigenvalue weighted by Crippen LogP contribution is -2.66. The van der Waals surface area contributed by atoms with Crippen LogP contribution in [0.5, 0.6) is 5.75 Å². The molecule has 1 aromatic carbocycles. The van der Waals surface area contributed by atoms with Crippen molar-refractivity contribution in [3.63, 3.8) is 0 Å². The average molecular weight is 452 g/mol. The molecule has 1 aliphatic carbocycles. The zero-order valence-electron chi connectivity index (χ0n) is 18.3. The van der Waals surface area contributed by atoms with Crippen molar-refractivity contribution in [1.82, 2.24) is 25.1 Å². The third-order valence-electron chi connectivity index (χ3n) is 6.75. The number of halogens is 1. The number of phenols is 1. The fourth-order valence-electron chi connectivity index (χ4n) is 4.88. The number of hydrogen-bond acceptors (Lipinski definition) is 8. The van der Waals surface area contributed by atoms with Crippen molar-refractivity contribution in [2.45, 2.75) is 37.3 Å². The number of aromatic nitrogens is 4. The van der Waals surface area contributed by atoms with E-state index in [0.717, 1.165) is 0 Å². The highest BCUT2D eigenvalue weighted by Gasteiger charge is 2.49. The second-order valence-corrected chi connectivity index (χ2v) is 8.79. The summed E-state index contributed by atoms with van der Waals surface area (Å²) < 4.78 is 15.9. The summed E-state index contributed by atoms with van der Waals surface area (Å²) in [5.74, 6) is 0.130. The number of alkyl halides is 1. The second kappa shape index (κ2) is 8.20. The highest BCUT2D eigenvalue weighted by atomic mass is 19.1. The van der Waals surface area contributed by atoms with E-state index in [1.807, 2.05) is 4.90 Å². The first-order valence-corrected chi connectivity index (χ1v) is 10.8. The third-order valence-corrected chi connectivity index (χ3v) is 6.75. The zero-order chi connectivity index (χ0) is 23.3. The number of aromatic hydroxyl groups is 1. The molecule has 0 radical (unpaired) electrons. The van der Waals surface area contributed by atoms with E-state index < -0.39 is 18.3 Å². The molecule has 6 rings (SSSR count). The Labute approximate surface area is 189 Å². The van der Waals surface area contributed by atoms with Crippen LogP contribution in [0, 0.1) is 5.92 Å². The summed E-state index contributed by atoms with van der Waals surface area (Å²) in [5, 5.41) is 32.2. The van der Waals surface area contributed by atoms with Crippen molar-refractivity contribution in [1.29, 1.82) is 0 Å². The van der Waals surface area contributed by atoms with Crippen LogP contribution in [-0.2, 0) is 7.05 Å². The minimum atomic E-state index is -1.08. The first kappa shape index (κ1) is 21.5. The highest BCUT2D eigenvalue weighted by molar-refractivity contribution is 5.72. The van der Waals surface area contributed by atoms with Gasteiger partial charge in [0.25, 0.3) is 5.56 Å². The SMILES string of the molecule is CN(c1cnc(-c2ccc(-c3ccn(C)c(=O)c3)cc2O)nn1)[C@H]1CC2C[C@H](F)C1[C@H](O)N2. The maximum absolute atomic E-state index is 14.5. The number of aliphatic hydroxyl groups excluding tert-OH is 1. The van der Waals surface area contributed by atoms with Gasteiger partial charge in [-0.25, -0.2) is 9.37 Å². The zero-order valence-corrected chi connectivity index (χ0v) is 18.3. The largest absolute Gasteiger partial charge is 0.507 e. The summed E-state index contributed by atoms with van der Waals surface area (Å²) >= 11 is 0. The van der Waals surface area contributed by atoms with Gasteiger partial charge in [-0.05, 0) is 42.2 Å². The molecule has 4 heterocycles. The van der Waals surface area contributed by atoms with Crippen molar-refractivity contribution < 1.29 is 14.6 Å². The molecular weight excluding hydrogens is 427 g/mol. The molecule has 3 fully saturated rings. The van der Waals surface area contributed by atoms with Crippen LogP contribution in [0.15, 0.2) is 47.5 Å². The highest BCUT2D eigenvalue weighted by Crippen LogP contribution is 2.38. The lowest BCUT2D eigenvalue weighted by atomic mass is 9.74. The maximum Gasteiger partial charge on any atom is 0.250 e. The number of hydrogen-bond donors (Lipinski definition) is 3. The van der Waals surface area contributed by atoms with Gasteiger partial charge in [0.05, 0.1) is 17.7 Å². The molecule has 2 saturated heterocycles. The maximum atomic E-state index is 14.5. The summed E-state index contributed by atoms with van der Waals surface area (Å²) in [7, 11) is 3.47. The smallest absolute Gasteiger partial charge is 0.250 e. The number of piperidine rings is 2. The molecule has 2 unspecified atom stereocenters. The van der Waals surface area contributed by atoms with Crippen LogP contribution in [0.3, 0.4) is 0 Å². The number of nitrogens with zero attached hydrogens (tertiary/aromatic N) is 5. The van der Waals surface area contributed by atoms with Crippen LogP contribution < -0.4 is 15.8 Å². The van der Waals surface area contributed by atoms with Crippen LogP contribution in [0.2, 0.25) is 0 Å². The lowest BCUT2D eigenvalue weighted by Gasteiger charge is -2.50. The van der Waals surface area contributed by atoms with Crippen LogP contribution in [-0.4, -0.2) is 61.5 Å². The molecular formula is C23H25FN6O3. The number of nitrogens with one attached hydrogen (secondary N) is 1. The number of fused-ring (bicyclic) bond motifs is 3. The fourth-order valence-corrected chi connectivity index (χ4v) is 4.88. The Morgan fingerprint density at radius 1 is 1.18 bits per heavy atom. The molecule has 3 aromatic rings. The Morgan fingerprint density at radius 3 is 2.61 bits per heavy atom. The minimum Gasteiger partial charge on any atom is -0.507 e. The number of aryl methyl sites for hydroxylation is 1. The van der Waals surface area contributed by atoms with Gasteiger partial charge in [-0.2, -0.15) is 0 Å². The van der Waals surface area contributed by atoms with Crippen molar-refractivity contribution in [3.8, 4) is 28.3 Å². The van der Waals surface area contributed by atoms with E-state index in [4.69, 9.17) is 0 Å². The number of aliphatic hydroxyl groups is 1. The van der Waals surface area contributed by atoms with E-state index in [0.29, 0.717) is 35.3 Å². The number of anilines is 1. The van der Waals surface area contributed by atoms with Crippen LogP contribution in [0.4, 0.5) is 10.2 Å². The average Bonchev–Trinajstić information content (AvgIpc) is 2.80. The summed E-state index contributed by atoms with van der Waals surface area (Å²) in [5.41, 5.74) is 1.65. The van der Waals surface area contributed by atoms with Crippen molar-refractivity contribution in [2.75, 3.05) is 11.9 Å². The van der Waals surface area contributed by atoms with Gasteiger partial charge in [0, 0.05) is 38.4 Å². The Kier molecular flexibility index (Phi) is 5.34. The van der Waals surface area contributed by atoms with Crippen molar-refractivity contribution >= 4 is 5.82 Å². The Hall–Kier alpha value is -3.37. The van der Waals surface area contributed by atoms with E-state index in [2.05, 4.69) is 20.5 Å². The van der Waals surface area contributed by atoms with E-state index in [-0.39, 0.29) is 29.2 Å². The van der Waals surface area contributed by atoms with E-state index in [1.165, 1.54) is 16.8 Å². The summed E-state index contributed by atoms with van der Waals surface area (Å²) in [6.45, 7) is 0.